The van der Waals surface area contributed by atoms with Gasteiger partial charge in [0.25, 0.3) is 5.56 Å². The molecule has 1 saturated heterocycles. The summed E-state index contributed by atoms with van der Waals surface area (Å²) in [5.74, 6) is -2.06. The number of rotatable bonds is 5. The first-order valence-corrected chi connectivity index (χ1v) is 10.7. The zero-order chi connectivity index (χ0) is 22.7. The number of anilines is 3. The van der Waals surface area contributed by atoms with E-state index in [0.717, 1.165) is 6.42 Å². The monoisotopic (exact) mass is 439 g/mol. The molecule has 3 N–H and O–H groups in total. The molecule has 0 aliphatic carbocycles. The van der Waals surface area contributed by atoms with Crippen LogP contribution in [0.1, 0.15) is 37.7 Å². The van der Waals surface area contributed by atoms with Crippen molar-refractivity contribution in [3.05, 3.63) is 46.2 Å². The van der Waals surface area contributed by atoms with Crippen LogP contribution in [0.3, 0.4) is 0 Å². The number of amides is 2. The van der Waals surface area contributed by atoms with Crippen LogP contribution in [0.4, 0.5) is 17.5 Å². The molecule has 0 unspecified atom stereocenters. The van der Waals surface area contributed by atoms with E-state index in [4.69, 9.17) is 4.74 Å². The van der Waals surface area contributed by atoms with Crippen LogP contribution in [0.2, 0.25) is 0 Å². The Morgan fingerprint density at radius 1 is 1.25 bits per heavy atom. The Bertz CT molecular complexity index is 1080. The maximum atomic E-state index is 13.0. The molecule has 0 radical (unpaired) electrons. The van der Waals surface area contributed by atoms with Crippen LogP contribution >= 0.6 is 0 Å². The smallest absolute Gasteiger partial charge is 0.310 e. The molecule has 2 aromatic rings. The van der Waals surface area contributed by atoms with Crippen molar-refractivity contribution < 1.29 is 19.1 Å². The Balaban J connectivity index is 1.60. The fourth-order valence-electron chi connectivity index (χ4n) is 4.11. The van der Waals surface area contributed by atoms with Crippen molar-refractivity contribution in [2.75, 3.05) is 35.2 Å². The molecule has 0 bridgehead atoms. The summed E-state index contributed by atoms with van der Waals surface area (Å²) in [5.41, 5.74) is 0.210. The van der Waals surface area contributed by atoms with Gasteiger partial charge in [-0.1, -0.05) is 18.2 Å². The lowest BCUT2D eigenvalue weighted by molar-refractivity contribution is -0.148. The maximum Gasteiger partial charge on any atom is 0.310 e. The van der Waals surface area contributed by atoms with E-state index < -0.39 is 23.3 Å². The lowest BCUT2D eigenvalue weighted by atomic mass is 9.92. The predicted molar refractivity (Wildman–Crippen MR) is 117 cm³/mol. The molecule has 32 heavy (non-hydrogen) atoms. The third-order valence-corrected chi connectivity index (χ3v) is 5.64. The fraction of sp³-hybridized carbons (Fsp3) is 0.409. The normalized spacial score (nSPS) is 20.2. The van der Waals surface area contributed by atoms with Crippen molar-refractivity contribution in [3.63, 3.8) is 0 Å². The van der Waals surface area contributed by atoms with Gasteiger partial charge in [-0.3, -0.25) is 24.2 Å². The molecular weight excluding hydrogens is 414 g/mol. The van der Waals surface area contributed by atoms with Gasteiger partial charge in [0, 0.05) is 25.2 Å². The second-order valence-corrected chi connectivity index (χ2v) is 7.85. The van der Waals surface area contributed by atoms with Crippen molar-refractivity contribution in [3.8, 4) is 0 Å². The highest BCUT2D eigenvalue weighted by Crippen LogP contribution is 2.31. The van der Waals surface area contributed by atoms with Gasteiger partial charge in [0.05, 0.1) is 24.0 Å². The highest BCUT2D eigenvalue weighted by Gasteiger charge is 2.36. The van der Waals surface area contributed by atoms with E-state index in [2.05, 4.69) is 20.6 Å². The largest absolute Gasteiger partial charge is 0.466 e. The van der Waals surface area contributed by atoms with E-state index in [1.54, 1.807) is 36.1 Å². The summed E-state index contributed by atoms with van der Waals surface area (Å²) >= 11 is 0. The van der Waals surface area contributed by atoms with Gasteiger partial charge in [-0.25, -0.2) is 0 Å². The highest BCUT2D eigenvalue weighted by molar-refractivity contribution is 6.04. The summed E-state index contributed by atoms with van der Waals surface area (Å²) in [6.07, 6.45) is 1.28. The van der Waals surface area contributed by atoms with Gasteiger partial charge in [0.15, 0.2) is 0 Å². The van der Waals surface area contributed by atoms with E-state index in [1.165, 1.54) is 0 Å². The number of nitrogens with one attached hydrogen (secondary N) is 3. The minimum atomic E-state index is -0.960. The number of esters is 1. The molecule has 1 fully saturated rings. The molecule has 1 aromatic carbocycles. The number of nitrogens with zero attached hydrogens (tertiary/aromatic N) is 2. The van der Waals surface area contributed by atoms with Gasteiger partial charge < -0.3 is 20.3 Å². The van der Waals surface area contributed by atoms with Crippen molar-refractivity contribution in [2.45, 2.75) is 32.1 Å². The van der Waals surface area contributed by atoms with E-state index in [-0.39, 0.29) is 35.6 Å². The Labute approximate surface area is 184 Å². The second kappa shape index (κ2) is 9.21. The zero-order valence-corrected chi connectivity index (χ0v) is 17.7. The first kappa shape index (κ1) is 21.5. The lowest BCUT2D eigenvalue weighted by Gasteiger charge is -2.32. The van der Waals surface area contributed by atoms with Gasteiger partial charge in [-0.2, -0.15) is 4.98 Å². The number of carbonyl (C=O) groups excluding carboxylic acids is 3. The number of para-hydroxylation sites is 1. The van der Waals surface area contributed by atoms with Gasteiger partial charge in [-0.05, 0) is 31.9 Å². The molecule has 3 heterocycles. The number of fused-ring (bicyclic) bond motifs is 1. The van der Waals surface area contributed by atoms with E-state index in [9.17, 15) is 19.2 Å². The van der Waals surface area contributed by atoms with Crippen LogP contribution in [0.5, 0.6) is 0 Å². The van der Waals surface area contributed by atoms with Gasteiger partial charge in [0.2, 0.25) is 17.8 Å². The molecular formula is C22H25N5O5. The zero-order valence-electron chi connectivity index (χ0n) is 17.7. The fourth-order valence-corrected chi connectivity index (χ4v) is 4.11. The van der Waals surface area contributed by atoms with Gasteiger partial charge in [-0.15, -0.1) is 0 Å². The Kier molecular flexibility index (Phi) is 6.20. The van der Waals surface area contributed by atoms with Gasteiger partial charge in [0.1, 0.15) is 5.82 Å². The molecule has 10 heteroatoms. The average Bonchev–Trinajstić information content (AvgIpc) is 2.79. The Hall–Kier alpha value is -3.69. The quantitative estimate of drug-likeness (QED) is 0.603. The van der Waals surface area contributed by atoms with E-state index in [1.807, 2.05) is 6.07 Å². The standard InChI is InChI=1S/C22H25N5O5/c1-2-32-21(31)13-7-6-10-27(12-13)22-25-18-17(20(30)26-22)15(11-16(28)24-18)19(29)23-14-8-4-3-5-9-14/h3-5,8-9,13,15H,2,6-7,10-12H2,1H3,(H,23,29)(H2,24,25,26,28,30)/t13-,15-/m1/s1. The van der Waals surface area contributed by atoms with Crippen molar-refractivity contribution in [2.24, 2.45) is 5.92 Å². The van der Waals surface area contributed by atoms with Crippen molar-refractivity contribution in [1.29, 1.82) is 0 Å². The van der Waals surface area contributed by atoms with Crippen LogP contribution < -0.4 is 21.1 Å². The summed E-state index contributed by atoms with van der Waals surface area (Å²) in [4.78, 5) is 59.2. The summed E-state index contributed by atoms with van der Waals surface area (Å²) in [6, 6.07) is 8.83. The third kappa shape index (κ3) is 4.48. The van der Waals surface area contributed by atoms with Crippen molar-refractivity contribution >= 4 is 35.2 Å². The first-order chi connectivity index (χ1) is 15.5. The molecule has 2 atom stereocenters. The average molecular weight is 439 g/mol. The molecule has 0 spiro atoms. The highest BCUT2D eigenvalue weighted by atomic mass is 16.5. The van der Waals surface area contributed by atoms with Crippen molar-refractivity contribution in [1.82, 2.24) is 9.97 Å². The number of hydrogen-bond donors (Lipinski definition) is 3. The number of ether oxygens (including phenoxy) is 1. The molecule has 2 amide bonds. The molecule has 10 nitrogen and oxygen atoms in total. The molecule has 168 valence electrons. The molecule has 2 aliphatic rings. The Morgan fingerprint density at radius 3 is 2.78 bits per heavy atom. The first-order valence-electron chi connectivity index (χ1n) is 10.7. The lowest BCUT2D eigenvalue weighted by Crippen LogP contribution is -2.42. The summed E-state index contributed by atoms with van der Waals surface area (Å²) < 4.78 is 5.12. The van der Waals surface area contributed by atoms with Crippen LogP contribution in [-0.2, 0) is 19.1 Å². The van der Waals surface area contributed by atoms with Crippen LogP contribution in [0.25, 0.3) is 0 Å². The van der Waals surface area contributed by atoms with E-state index >= 15 is 0 Å². The molecule has 1 aromatic heterocycles. The third-order valence-electron chi connectivity index (χ3n) is 5.64. The minimum Gasteiger partial charge on any atom is -0.466 e. The number of aromatic nitrogens is 2. The second-order valence-electron chi connectivity index (χ2n) is 7.85. The van der Waals surface area contributed by atoms with Gasteiger partial charge >= 0.3 is 5.97 Å². The summed E-state index contributed by atoms with van der Waals surface area (Å²) in [5, 5.41) is 5.36. The topological polar surface area (TPSA) is 133 Å². The Morgan fingerprint density at radius 2 is 2.03 bits per heavy atom. The number of H-pyrrole nitrogens is 1. The molecule has 2 aliphatic heterocycles. The predicted octanol–water partition coefficient (Wildman–Crippen LogP) is 1.61. The SMILES string of the molecule is CCOC(=O)[C@@H]1CCCN(c2nc3c(c(=O)[nH]2)[C@H](C(=O)Nc2ccccc2)CC(=O)N3)C1. The minimum absolute atomic E-state index is 0.0754. The number of aromatic amines is 1. The van der Waals surface area contributed by atoms with Crippen LogP contribution in [0, 0.1) is 5.92 Å². The summed E-state index contributed by atoms with van der Waals surface area (Å²) in [6.45, 7) is 3.02. The maximum absolute atomic E-state index is 13.0. The molecule has 0 saturated carbocycles. The number of hydrogen-bond acceptors (Lipinski definition) is 7. The number of benzene rings is 1. The van der Waals surface area contributed by atoms with Crippen LogP contribution in [0.15, 0.2) is 35.1 Å². The molecule has 4 rings (SSSR count). The van der Waals surface area contributed by atoms with E-state index in [0.29, 0.717) is 31.8 Å². The number of carbonyl (C=O) groups is 3. The summed E-state index contributed by atoms with van der Waals surface area (Å²) in [7, 11) is 0. The number of piperidine rings is 1. The van der Waals surface area contributed by atoms with Crippen LogP contribution in [-0.4, -0.2) is 47.4 Å².